The lowest BCUT2D eigenvalue weighted by molar-refractivity contribution is -0.131. The molecule has 0 unspecified atom stereocenters. The van der Waals surface area contributed by atoms with Crippen molar-refractivity contribution >= 4 is 11.7 Å². The number of pyridine rings is 1. The normalized spacial score (nSPS) is 15.5. The summed E-state index contributed by atoms with van der Waals surface area (Å²) in [7, 11) is 0. The molecule has 0 aromatic carbocycles. The Morgan fingerprint density at radius 3 is 2.60 bits per heavy atom. The molecule has 0 aliphatic carbocycles. The van der Waals surface area contributed by atoms with Crippen molar-refractivity contribution in [1.29, 1.82) is 0 Å². The van der Waals surface area contributed by atoms with Crippen molar-refractivity contribution in [1.82, 2.24) is 9.88 Å². The van der Waals surface area contributed by atoms with Crippen LogP contribution in [0, 0.1) is 0 Å². The van der Waals surface area contributed by atoms with Gasteiger partial charge in [-0.15, -0.1) is 0 Å². The minimum Gasteiger partial charge on any atom is -0.353 e. The largest absolute Gasteiger partial charge is 0.353 e. The number of anilines is 1. The van der Waals surface area contributed by atoms with E-state index in [4.69, 9.17) is 5.73 Å². The number of nitrogens with two attached hydrogens (primary N) is 1. The minimum atomic E-state index is 0.290. The van der Waals surface area contributed by atoms with E-state index in [1.807, 2.05) is 23.2 Å². The Labute approximate surface area is 120 Å². The first kappa shape index (κ1) is 14.8. The number of carbonyl (C=O) groups is 1. The molecule has 1 aliphatic heterocycles. The maximum atomic E-state index is 12.0. The molecule has 0 saturated carbocycles. The highest BCUT2D eigenvalue weighted by Gasteiger charge is 2.21. The van der Waals surface area contributed by atoms with Gasteiger partial charge in [-0.1, -0.05) is 19.4 Å². The third kappa shape index (κ3) is 3.70. The molecule has 1 aromatic rings. The van der Waals surface area contributed by atoms with E-state index in [9.17, 15) is 4.79 Å². The number of piperazine rings is 1. The second kappa shape index (κ2) is 7.24. The molecule has 1 aliphatic rings. The van der Waals surface area contributed by atoms with Crippen molar-refractivity contribution in [2.45, 2.75) is 32.7 Å². The molecule has 0 radical (unpaired) electrons. The van der Waals surface area contributed by atoms with Gasteiger partial charge in [-0.3, -0.25) is 4.79 Å². The van der Waals surface area contributed by atoms with Crippen molar-refractivity contribution in [3.63, 3.8) is 0 Å². The Kier molecular flexibility index (Phi) is 5.35. The molecule has 0 spiro atoms. The summed E-state index contributed by atoms with van der Waals surface area (Å²) in [5.41, 5.74) is 6.62. The van der Waals surface area contributed by atoms with Crippen LogP contribution in [0.15, 0.2) is 18.3 Å². The van der Waals surface area contributed by atoms with Gasteiger partial charge in [-0.25, -0.2) is 4.98 Å². The lowest BCUT2D eigenvalue weighted by Gasteiger charge is -2.35. The molecule has 110 valence electrons. The Morgan fingerprint density at radius 1 is 1.30 bits per heavy atom. The van der Waals surface area contributed by atoms with Crippen LogP contribution in [0.2, 0.25) is 0 Å². The first-order valence-electron chi connectivity index (χ1n) is 7.42. The molecule has 2 N–H and O–H groups in total. The fraction of sp³-hybridized carbons (Fsp3) is 0.600. The number of hydrogen-bond donors (Lipinski definition) is 1. The monoisotopic (exact) mass is 276 g/mol. The second-order valence-corrected chi connectivity index (χ2v) is 5.20. The lowest BCUT2D eigenvalue weighted by Crippen LogP contribution is -2.49. The summed E-state index contributed by atoms with van der Waals surface area (Å²) in [5, 5.41) is 0. The lowest BCUT2D eigenvalue weighted by atomic mass is 10.2. The van der Waals surface area contributed by atoms with Gasteiger partial charge in [-0.05, 0) is 18.1 Å². The number of nitrogens with zero attached hydrogens (tertiary/aromatic N) is 3. The standard InChI is InChI=1S/C15H24N4O/c1-2-3-4-15(20)19-9-7-18(8-10-19)14-6-5-13(11-16)12-17-14/h5-6,12H,2-4,7-11,16H2,1H3. The van der Waals surface area contributed by atoms with Crippen LogP contribution in [0.25, 0.3) is 0 Å². The maximum absolute atomic E-state index is 12.0. The fourth-order valence-electron chi connectivity index (χ4n) is 2.40. The number of aromatic nitrogens is 1. The van der Waals surface area contributed by atoms with E-state index < -0.39 is 0 Å². The highest BCUT2D eigenvalue weighted by atomic mass is 16.2. The van der Waals surface area contributed by atoms with Gasteiger partial charge < -0.3 is 15.5 Å². The summed E-state index contributed by atoms with van der Waals surface area (Å²) < 4.78 is 0. The Morgan fingerprint density at radius 2 is 2.05 bits per heavy atom. The van der Waals surface area contributed by atoms with Crippen LogP contribution in [0.4, 0.5) is 5.82 Å². The Balaban J connectivity index is 1.85. The van der Waals surface area contributed by atoms with Gasteiger partial charge in [0.15, 0.2) is 0 Å². The molecule has 0 bridgehead atoms. The first-order valence-corrected chi connectivity index (χ1v) is 7.42. The smallest absolute Gasteiger partial charge is 0.222 e. The molecule has 1 aromatic heterocycles. The zero-order valence-electron chi connectivity index (χ0n) is 12.2. The quantitative estimate of drug-likeness (QED) is 0.882. The number of hydrogen-bond acceptors (Lipinski definition) is 4. The summed E-state index contributed by atoms with van der Waals surface area (Å²) in [6.45, 7) is 5.93. The van der Waals surface area contributed by atoms with Gasteiger partial charge in [0.05, 0.1) is 0 Å². The minimum absolute atomic E-state index is 0.290. The highest BCUT2D eigenvalue weighted by molar-refractivity contribution is 5.76. The molecular weight excluding hydrogens is 252 g/mol. The van der Waals surface area contributed by atoms with Gasteiger partial charge in [0.1, 0.15) is 5.82 Å². The van der Waals surface area contributed by atoms with Gasteiger partial charge in [0.2, 0.25) is 5.91 Å². The third-order valence-corrected chi connectivity index (χ3v) is 3.75. The van der Waals surface area contributed by atoms with Crippen molar-refractivity contribution < 1.29 is 4.79 Å². The molecule has 5 heteroatoms. The second-order valence-electron chi connectivity index (χ2n) is 5.20. The first-order chi connectivity index (χ1) is 9.74. The van der Waals surface area contributed by atoms with Crippen LogP contribution in [0.5, 0.6) is 0 Å². The Hall–Kier alpha value is -1.62. The molecule has 2 rings (SSSR count). The summed E-state index contributed by atoms with van der Waals surface area (Å²) in [4.78, 5) is 20.6. The number of carbonyl (C=O) groups excluding carboxylic acids is 1. The van der Waals surface area contributed by atoms with Crippen molar-refractivity contribution in [3.05, 3.63) is 23.9 Å². The molecular formula is C15H24N4O. The van der Waals surface area contributed by atoms with E-state index >= 15 is 0 Å². The van der Waals surface area contributed by atoms with Crippen LogP contribution < -0.4 is 10.6 Å². The SMILES string of the molecule is CCCCC(=O)N1CCN(c2ccc(CN)cn2)CC1. The zero-order chi connectivity index (χ0) is 14.4. The third-order valence-electron chi connectivity index (χ3n) is 3.75. The van der Waals surface area contributed by atoms with E-state index in [2.05, 4.69) is 16.8 Å². The molecule has 1 amide bonds. The topological polar surface area (TPSA) is 62.5 Å². The molecule has 2 heterocycles. The predicted molar refractivity (Wildman–Crippen MR) is 80.4 cm³/mol. The fourth-order valence-corrected chi connectivity index (χ4v) is 2.40. The van der Waals surface area contributed by atoms with E-state index in [-0.39, 0.29) is 5.91 Å². The Bertz CT molecular complexity index is 424. The summed E-state index contributed by atoms with van der Waals surface area (Å²) in [6.07, 6.45) is 4.57. The van der Waals surface area contributed by atoms with Crippen LogP contribution in [0.1, 0.15) is 31.7 Å². The number of amides is 1. The zero-order valence-corrected chi connectivity index (χ0v) is 12.2. The van der Waals surface area contributed by atoms with Gasteiger partial charge in [0, 0.05) is 45.3 Å². The summed E-state index contributed by atoms with van der Waals surface area (Å²) in [5.74, 6) is 1.26. The van der Waals surface area contributed by atoms with E-state index in [0.29, 0.717) is 13.0 Å². The van der Waals surface area contributed by atoms with E-state index in [1.165, 1.54) is 0 Å². The molecule has 5 nitrogen and oxygen atoms in total. The highest BCUT2D eigenvalue weighted by Crippen LogP contribution is 2.14. The van der Waals surface area contributed by atoms with E-state index in [0.717, 1.165) is 50.4 Å². The molecule has 20 heavy (non-hydrogen) atoms. The average Bonchev–Trinajstić information content (AvgIpc) is 2.53. The average molecular weight is 276 g/mol. The van der Waals surface area contributed by atoms with Gasteiger partial charge >= 0.3 is 0 Å². The molecule has 1 fully saturated rings. The number of rotatable bonds is 5. The van der Waals surface area contributed by atoms with Crippen LogP contribution in [-0.2, 0) is 11.3 Å². The van der Waals surface area contributed by atoms with Crippen LogP contribution in [0.3, 0.4) is 0 Å². The van der Waals surface area contributed by atoms with Crippen molar-refractivity contribution in [3.8, 4) is 0 Å². The van der Waals surface area contributed by atoms with Gasteiger partial charge in [-0.2, -0.15) is 0 Å². The van der Waals surface area contributed by atoms with Crippen LogP contribution >= 0.6 is 0 Å². The number of unbranched alkanes of at least 4 members (excludes halogenated alkanes) is 1. The van der Waals surface area contributed by atoms with Gasteiger partial charge in [0.25, 0.3) is 0 Å². The van der Waals surface area contributed by atoms with Crippen molar-refractivity contribution in [2.75, 3.05) is 31.1 Å². The van der Waals surface area contributed by atoms with Crippen molar-refractivity contribution in [2.24, 2.45) is 5.73 Å². The van der Waals surface area contributed by atoms with Crippen LogP contribution in [-0.4, -0.2) is 42.0 Å². The molecule has 0 atom stereocenters. The summed E-state index contributed by atoms with van der Waals surface area (Å²) in [6, 6.07) is 4.03. The molecule has 1 saturated heterocycles. The maximum Gasteiger partial charge on any atom is 0.222 e. The summed E-state index contributed by atoms with van der Waals surface area (Å²) >= 11 is 0. The predicted octanol–water partition coefficient (Wildman–Crippen LogP) is 1.38. The van der Waals surface area contributed by atoms with E-state index in [1.54, 1.807) is 0 Å².